The molecule has 2 heteroatoms. The molecule has 88 valence electrons. The third kappa shape index (κ3) is 3.06. The molecule has 0 saturated heterocycles. The summed E-state index contributed by atoms with van der Waals surface area (Å²) in [4.78, 5) is 2.34. The van der Waals surface area contributed by atoms with Gasteiger partial charge in [0.2, 0.25) is 0 Å². The van der Waals surface area contributed by atoms with Gasteiger partial charge in [0.1, 0.15) is 0 Å². The summed E-state index contributed by atoms with van der Waals surface area (Å²) in [6, 6.07) is 8.94. The maximum Gasteiger partial charge on any atom is 0.0233 e. The van der Waals surface area contributed by atoms with Gasteiger partial charge in [-0.2, -0.15) is 0 Å². The minimum atomic E-state index is 0.369. The molecule has 1 aliphatic rings. The number of rotatable bonds is 5. The lowest BCUT2D eigenvalue weighted by Crippen LogP contribution is -2.36. The van der Waals surface area contributed by atoms with Gasteiger partial charge < -0.3 is 10.6 Å². The Bertz CT molecular complexity index is 344. The molecule has 16 heavy (non-hydrogen) atoms. The van der Waals surface area contributed by atoms with Crippen molar-refractivity contribution in [1.29, 1.82) is 0 Å². The minimum Gasteiger partial charge on any atom is -0.326 e. The van der Waals surface area contributed by atoms with Crippen LogP contribution in [0.25, 0.3) is 0 Å². The quantitative estimate of drug-likeness (QED) is 0.820. The summed E-state index contributed by atoms with van der Waals surface area (Å²) in [5.41, 5.74) is 8.91. The predicted molar refractivity (Wildman–Crippen MR) is 68.2 cm³/mol. The van der Waals surface area contributed by atoms with Gasteiger partial charge in [-0.05, 0) is 43.9 Å². The van der Waals surface area contributed by atoms with Crippen molar-refractivity contribution in [3.63, 3.8) is 0 Å². The van der Waals surface area contributed by atoms with Crippen molar-refractivity contribution in [2.45, 2.75) is 32.4 Å². The van der Waals surface area contributed by atoms with Crippen molar-refractivity contribution < 1.29 is 0 Å². The normalized spacial score (nSPS) is 17.8. The van der Waals surface area contributed by atoms with E-state index >= 15 is 0 Å². The van der Waals surface area contributed by atoms with Crippen molar-refractivity contribution in [1.82, 2.24) is 4.90 Å². The Hall–Kier alpha value is -0.860. The molecule has 0 amide bonds. The fourth-order valence-electron chi connectivity index (χ4n) is 2.18. The van der Waals surface area contributed by atoms with Gasteiger partial charge in [-0.3, -0.25) is 0 Å². The third-order valence-electron chi connectivity index (χ3n) is 3.45. The molecule has 2 rings (SSSR count). The molecule has 2 N–H and O–H groups in total. The molecule has 0 bridgehead atoms. The number of hydrogen-bond acceptors (Lipinski definition) is 2. The summed E-state index contributed by atoms with van der Waals surface area (Å²) in [6.07, 6.45) is 2.67. The van der Waals surface area contributed by atoms with Crippen LogP contribution in [0.15, 0.2) is 24.3 Å². The molecule has 1 atom stereocenters. The summed E-state index contributed by atoms with van der Waals surface area (Å²) in [5, 5.41) is 0. The Balaban J connectivity index is 1.86. The first kappa shape index (κ1) is 11.6. The summed E-state index contributed by atoms with van der Waals surface area (Å²) >= 11 is 0. The largest absolute Gasteiger partial charge is 0.326 e. The topological polar surface area (TPSA) is 29.3 Å². The summed E-state index contributed by atoms with van der Waals surface area (Å²) < 4.78 is 0. The van der Waals surface area contributed by atoms with E-state index in [9.17, 15) is 0 Å². The van der Waals surface area contributed by atoms with Crippen molar-refractivity contribution in [3.05, 3.63) is 35.4 Å². The second-order valence-electron chi connectivity index (χ2n) is 5.12. The maximum absolute atomic E-state index is 6.13. The molecular formula is C14H22N2. The molecule has 1 aromatic carbocycles. The van der Waals surface area contributed by atoms with Gasteiger partial charge >= 0.3 is 0 Å². The number of likely N-dealkylation sites (N-methyl/N-ethyl adjacent to an activating group) is 1. The first-order valence-electron chi connectivity index (χ1n) is 6.15. The molecule has 1 unspecified atom stereocenters. The molecule has 0 aromatic heterocycles. The lowest BCUT2D eigenvalue weighted by molar-refractivity contribution is 0.292. The minimum absolute atomic E-state index is 0.369. The van der Waals surface area contributed by atoms with Crippen LogP contribution in [0.2, 0.25) is 0 Å². The first-order chi connectivity index (χ1) is 7.66. The van der Waals surface area contributed by atoms with Crippen LogP contribution in [-0.4, -0.2) is 24.5 Å². The summed E-state index contributed by atoms with van der Waals surface area (Å²) in [7, 11) is 2.16. The SMILES string of the molecule is Cc1ccccc1CN(C)CC(N)C1CC1. The standard InChI is InChI=1S/C14H22N2/c1-11-5-3-4-6-13(11)9-16(2)10-14(15)12-7-8-12/h3-6,12,14H,7-10,15H2,1-2H3. The molecule has 0 radical (unpaired) electrons. The van der Waals surface area contributed by atoms with E-state index in [1.807, 2.05) is 0 Å². The highest BCUT2D eigenvalue weighted by atomic mass is 15.1. The molecular weight excluding hydrogens is 196 g/mol. The number of hydrogen-bond donors (Lipinski definition) is 1. The van der Waals surface area contributed by atoms with Gasteiger partial charge in [0, 0.05) is 19.1 Å². The molecule has 1 saturated carbocycles. The van der Waals surface area contributed by atoms with Gasteiger partial charge in [0.25, 0.3) is 0 Å². The zero-order chi connectivity index (χ0) is 11.5. The second-order valence-corrected chi connectivity index (χ2v) is 5.12. The smallest absolute Gasteiger partial charge is 0.0233 e. The predicted octanol–water partition coefficient (Wildman–Crippen LogP) is 2.16. The van der Waals surface area contributed by atoms with Gasteiger partial charge in [0.05, 0.1) is 0 Å². The molecule has 0 heterocycles. The van der Waals surface area contributed by atoms with E-state index in [0.29, 0.717) is 6.04 Å². The van der Waals surface area contributed by atoms with Crippen LogP contribution in [0, 0.1) is 12.8 Å². The molecule has 1 fully saturated rings. The average molecular weight is 218 g/mol. The van der Waals surface area contributed by atoms with E-state index in [-0.39, 0.29) is 0 Å². The third-order valence-corrected chi connectivity index (χ3v) is 3.45. The van der Waals surface area contributed by atoms with E-state index in [4.69, 9.17) is 5.73 Å². The summed E-state index contributed by atoms with van der Waals surface area (Å²) in [5.74, 6) is 0.791. The van der Waals surface area contributed by atoms with Crippen LogP contribution in [0.3, 0.4) is 0 Å². The van der Waals surface area contributed by atoms with Crippen LogP contribution in [0.5, 0.6) is 0 Å². The zero-order valence-corrected chi connectivity index (χ0v) is 10.3. The van der Waals surface area contributed by atoms with Gasteiger partial charge in [-0.15, -0.1) is 0 Å². The first-order valence-corrected chi connectivity index (χ1v) is 6.15. The fourth-order valence-corrected chi connectivity index (χ4v) is 2.18. The Labute approximate surface area is 98.4 Å². The highest BCUT2D eigenvalue weighted by Gasteiger charge is 2.28. The fraction of sp³-hybridized carbons (Fsp3) is 0.571. The van der Waals surface area contributed by atoms with Crippen LogP contribution >= 0.6 is 0 Å². The van der Waals surface area contributed by atoms with E-state index in [2.05, 4.69) is 43.1 Å². The zero-order valence-electron chi connectivity index (χ0n) is 10.3. The number of nitrogens with two attached hydrogens (primary N) is 1. The van der Waals surface area contributed by atoms with E-state index in [1.165, 1.54) is 24.0 Å². The van der Waals surface area contributed by atoms with E-state index < -0.39 is 0 Å². The van der Waals surface area contributed by atoms with Crippen molar-refractivity contribution in [2.75, 3.05) is 13.6 Å². The molecule has 2 nitrogen and oxygen atoms in total. The van der Waals surface area contributed by atoms with E-state index in [1.54, 1.807) is 0 Å². The highest BCUT2D eigenvalue weighted by Crippen LogP contribution is 2.31. The molecule has 1 aromatic rings. The molecule has 0 aliphatic heterocycles. The van der Waals surface area contributed by atoms with Crippen LogP contribution in [-0.2, 0) is 6.54 Å². The number of nitrogens with zero attached hydrogens (tertiary/aromatic N) is 1. The number of aryl methyl sites for hydroxylation is 1. The van der Waals surface area contributed by atoms with Crippen molar-refractivity contribution >= 4 is 0 Å². The van der Waals surface area contributed by atoms with Gasteiger partial charge in [0.15, 0.2) is 0 Å². The second kappa shape index (κ2) is 4.98. The maximum atomic E-state index is 6.13. The number of benzene rings is 1. The molecule has 0 spiro atoms. The van der Waals surface area contributed by atoms with Crippen LogP contribution < -0.4 is 5.73 Å². The highest BCUT2D eigenvalue weighted by molar-refractivity contribution is 5.25. The monoisotopic (exact) mass is 218 g/mol. The Morgan fingerprint density at radius 1 is 1.38 bits per heavy atom. The Morgan fingerprint density at radius 3 is 2.69 bits per heavy atom. The van der Waals surface area contributed by atoms with Crippen molar-refractivity contribution in [2.24, 2.45) is 11.7 Å². The lowest BCUT2D eigenvalue weighted by atomic mass is 10.1. The van der Waals surface area contributed by atoms with Gasteiger partial charge in [-0.1, -0.05) is 24.3 Å². The van der Waals surface area contributed by atoms with Crippen LogP contribution in [0.1, 0.15) is 24.0 Å². The van der Waals surface area contributed by atoms with E-state index in [0.717, 1.165) is 19.0 Å². The van der Waals surface area contributed by atoms with Crippen LogP contribution in [0.4, 0.5) is 0 Å². The van der Waals surface area contributed by atoms with Gasteiger partial charge in [-0.25, -0.2) is 0 Å². The average Bonchev–Trinajstić information content (AvgIpc) is 3.04. The Morgan fingerprint density at radius 2 is 2.06 bits per heavy atom. The van der Waals surface area contributed by atoms with Crippen molar-refractivity contribution in [3.8, 4) is 0 Å². The molecule has 1 aliphatic carbocycles. The summed E-state index contributed by atoms with van der Waals surface area (Å²) in [6.45, 7) is 4.19. The Kier molecular flexibility index (Phi) is 3.62. The lowest BCUT2D eigenvalue weighted by Gasteiger charge is -2.21.